The van der Waals surface area contributed by atoms with Crippen LogP contribution in [0.2, 0.25) is 0 Å². The van der Waals surface area contributed by atoms with Crippen molar-refractivity contribution in [3.63, 3.8) is 0 Å². The zero-order valence-corrected chi connectivity index (χ0v) is 41.9. The van der Waals surface area contributed by atoms with Crippen molar-refractivity contribution in [2.45, 2.75) is 264 Å². The van der Waals surface area contributed by atoms with Gasteiger partial charge in [-0.3, -0.25) is 9.59 Å². The number of aliphatic hydroxyl groups is 2. The van der Waals surface area contributed by atoms with Gasteiger partial charge in [-0.15, -0.1) is 0 Å². The van der Waals surface area contributed by atoms with Gasteiger partial charge in [-0.05, 0) is 77.0 Å². The number of allylic oxidation sites excluding steroid dienone is 13. The molecule has 0 aliphatic carbocycles. The van der Waals surface area contributed by atoms with Crippen molar-refractivity contribution < 1.29 is 24.5 Å². The van der Waals surface area contributed by atoms with Crippen LogP contribution in [0, 0.1) is 0 Å². The minimum Gasteiger partial charge on any atom is -0.461 e. The Morgan fingerprint density at radius 3 is 1.36 bits per heavy atom. The van der Waals surface area contributed by atoms with Crippen molar-refractivity contribution >= 4 is 11.9 Å². The number of rotatable bonds is 47. The maximum absolute atomic E-state index is 13.2. The van der Waals surface area contributed by atoms with Crippen LogP contribution in [-0.2, 0) is 14.3 Å². The molecule has 0 saturated heterocycles. The molecule has 3 N–H and O–H groups in total. The fourth-order valence-corrected chi connectivity index (χ4v) is 7.66. The van der Waals surface area contributed by atoms with Gasteiger partial charge in [0.25, 0.3) is 0 Å². The quantitative estimate of drug-likeness (QED) is 0.0321. The molecule has 0 aromatic carbocycles. The first kappa shape index (κ1) is 61.0. The average molecular weight is 892 g/mol. The SMILES string of the molecule is CC/C=C/C/C=C/C/C=C/CCCCCCCCC(=O)OC(C/C=C\C/C=C\C/C=C\C/C=C\CCCCC)CC(=O)NC(CO)C(O)CCCCCCCCCCCCCCCC. The molecule has 3 unspecified atom stereocenters. The fourth-order valence-electron chi connectivity index (χ4n) is 7.66. The highest BCUT2D eigenvalue weighted by Crippen LogP contribution is 2.16. The number of carbonyl (C=O) groups excluding carboxylic acids is 2. The van der Waals surface area contributed by atoms with Crippen molar-refractivity contribution in [1.29, 1.82) is 0 Å². The molecule has 0 fully saturated rings. The zero-order valence-electron chi connectivity index (χ0n) is 41.9. The second-order valence-corrected chi connectivity index (χ2v) is 17.9. The number of esters is 1. The molecule has 0 aromatic heterocycles. The van der Waals surface area contributed by atoms with Crippen LogP contribution in [0.15, 0.2) is 85.1 Å². The molecule has 0 aliphatic heterocycles. The molecule has 0 radical (unpaired) electrons. The predicted octanol–water partition coefficient (Wildman–Crippen LogP) is 16.3. The van der Waals surface area contributed by atoms with E-state index >= 15 is 0 Å². The Bertz CT molecular complexity index is 1230. The molecule has 6 nitrogen and oxygen atoms in total. The van der Waals surface area contributed by atoms with Crippen LogP contribution in [-0.4, -0.2) is 46.9 Å². The average Bonchev–Trinajstić information content (AvgIpc) is 3.29. The summed E-state index contributed by atoms with van der Waals surface area (Å²) >= 11 is 0. The molecule has 368 valence electrons. The summed E-state index contributed by atoms with van der Waals surface area (Å²) in [6.07, 6.45) is 66.6. The van der Waals surface area contributed by atoms with E-state index in [1.807, 2.05) is 6.08 Å². The van der Waals surface area contributed by atoms with Crippen molar-refractivity contribution in [1.82, 2.24) is 5.32 Å². The van der Waals surface area contributed by atoms with E-state index < -0.39 is 18.2 Å². The molecule has 1 amide bonds. The molecular formula is C58H101NO5. The van der Waals surface area contributed by atoms with Gasteiger partial charge in [0.1, 0.15) is 6.10 Å². The standard InChI is InChI=1S/C58H101NO5/c1-4-7-10-13-16-19-22-25-28-30-33-36-39-42-45-48-51-58(63)64-54(49-46-43-40-37-34-31-29-26-23-20-17-14-11-8-5-2)52-57(62)59-55(53-60)56(61)50-47-44-41-38-35-32-27-24-21-18-15-12-9-6-3/h7,10,16-17,19-20,25-26,28-29,34,37,43,46,54-56,60-61H,4-6,8-9,11-15,18,21-24,27,30-33,35-36,38-42,44-45,47-53H2,1-3H3,(H,59,62)/b10-7+,19-16+,20-17-,28-25+,29-26-,37-34-,46-43-. The number of amides is 1. The molecule has 0 saturated carbocycles. The van der Waals surface area contributed by atoms with Crippen molar-refractivity contribution in [3.8, 4) is 0 Å². The van der Waals surface area contributed by atoms with Crippen LogP contribution in [0.4, 0.5) is 0 Å². The van der Waals surface area contributed by atoms with Gasteiger partial charge in [0.05, 0.1) is 25.2 Å². The van der Waals surface area contributed by atoms with Crippen LogP contribution in [0.25, 0.3) is 0 Å². The Hall–Kier alpha value is -2.96. The lowest BCUT2D eigenvalue weighted by Crippen LogP contribution is -2.46. The number of ether oxygens (including phenoxy) is 1. The Balaban J connectivity index is 4.72. The van der Waals surface area contributed by atoms with Gasteiger partial charge in [-0.25, -0.2) is 0 Å². The fraction of sp³-hybridized carbons (Fsp3) is 0.724. The van der Waals surface area contributed by atoms with Gasteiger partial charge in [0.15, 0.2) is 0 Å². The lowest BCUT2D eigenvalue weighted by molar-refractivity contribution is -0.150. The molecule has 0 rings (SSSR count). The maximum atomic E-state index is 13.2. The maximum Gasteiger partial charge on any atom is 0.306 e. The summed E-state index contributed by atoms with van der Waals surface area (Å²) in [7, 11) is 0. The third-order valence-electron chi connectivity index (χ3n) is 11.7. The zero-order chi connectivity index (χ0) is 46.7. The first-order valence-corrected chi connectivity index (χ1v) is 26.8. The Morgan fingerprint density at radius 2 is 0.875 bits per heavy atom. The summed E-state index contributed by atoms with van der Waals surface area (Å²) in [5.41, 5.74) is 0. The van der Waals surface area contributed by atoms with E-state index in [4.69, 9.17) is 4.74 Å². The first-order valence-electron chi connectivity index (χ1n) is 26.8. The molecule has 0 heterocycles. The highest BCUT2D eigenvalue weighted by molar-refractivity contribution is 5.77. The minimum absolute atomic E-state index is 0.00707. The van der Waals surface area contributed by atoms with Gasteiger partial charge in [-0.2, -0.15) is 0 Å². The summed E-state index contributed by atoms with van der Waals surface area (Å²) in [5.74, 6) is -0.593. The molecule has 0 spiro atoms. The van der Waals surface area contributed by atoms with E-state index in [0.29, 0.717) is 19.3 Å². The summed E-state index contributed by atoms with van der Waals surface area (Å²) in [5, 5.41) is 23.8. The van der Waals surface area contributed by atoms with Crippen LogP contribution < -0.4 is 5.32 Å². The number of hydrogen-bond acceptors (Lipinski definition) is 5. The Labute approximate surface area is 395 Å². The van der Waals surface area contributed by atoms with E-state index in [-0.39, 0.29) is 24.9 Å². The minimum atomic E-state index is -0.817. The van der Waals surface area contributed by atoms with Gasteiger partial charge >= 0.3 is 5.97 Å². The molecule has 0 bridgehead atoms. The van der Waals surface area contributed by atoms with Gasteiger partial charge in [0, 0.05) is 12.8 Å². The topological polar surface area (TPSA) is 95.9 Å². The van der Waals surface area contributed by atoms with E-state index in [9.17, 15) is 19.8 Å². The van der Waals surface area contributed by atoms with Crippen LogP contribution in [0.1, 0.15) is 245 Å². The van der Waals surface area contributed by atoms with Crippen LogP contribution in [0.3, 0.4) is 0 Å². The molecule has 64 heavy (non-hydrogen) atoms. The number of aliphatic hydroxyl groups excluding tert-OH is 2. The van der Waals surface area contributed by atoms with E-state index in [1.165, 1.54) is 116 Å². The van der Waals surface area contributed by atoms with Gasteiger partial charge in [0.2, 0.25) is 5.91 Å². The lowest BCUT2D eigenvalue weighted by atomic mass is 10.0. The van der Waals surface area contributed by atoms with E-state index in [2.05, 4.69) is 105 Å². The van der Waals surface area contributed by atoms with Crippen molar-refractivity contribution in [3.05, 3.63) is 85.1 Å². The summed E-state index contributed by atoms with van der Waals surface area (Å²) in [4.78, 5) is 26.2. The monoisotopic (exact) mass is 892 g/mol. The highest BCUT2D eigenvalue weighted by Gasteiger charge is 2.23. The summed E-state index contributed by atoms with van der Waals surface area (Å²) < 4.78 is 5.87. The van der Waals surface area contributed by atoms with Crippen LogP contribution >= 0.6 is 0 Å². The van der Waals surface area contributed by atoms with Crippen molar-refractivity contribution in [2.24, 2.45) is 0 Å². The molecule has 3 atom stereocenters. The molecule has 6 heteroatoms. The second kappa shape index (κ2) is 51.0. The molecular weight excluding hydrogens is 791 g/mol. The van der Waals surface area contributed by atoms with E-state index in [1.54, 1.807) is 0 Å². The predicted molar refractivity (Wildman–Crippen MR) is 278 cm³/mol. The largest absolute Gasteiger partial charge is 0.461 e. The van der Waals surface area contributed by atoms with Gasteiger partial charge < -0.3 is 20.3 Å². The number of carbonyl (C=O) groups is 2. The van der Waals surface area contributed by atoms with E-state index in [0.717, 1.165) is 83.5 Å². The lowest BCUT2D eigenvalue weighted by Gasteiger charge is -2.24. The Morgan fingerprint density at radius 1 is 0.484 bits per heavy atom. The number of hydrogen-bond donors (Lipinski definition) is 3. The smallest absolute Gasteiger partial charge is 0.306 e. The molecule has 0 aliphatic rings. The summed E-state index contributed by atoms with van der Waals surface area (Å²) in [6.45, 7) is 6.32. The summed E-state index contributed by atoms with van der Waals surface area (Å²) in [6, 6.07) is -0.737. The van der Waals surface area contributed by atoms with Crippen molar-refractivity contribution in [2.75, 3.05) is 6.61 Å². The highest BCUT2D eigenvalue weighted by atomic mass is 16.5. The van der Waals surface area contributed by atoms with Gasteiger partial charge in [-0.1, -0.05) is 234 Å². The third kappa shape index (κ3) is 45.6. The van der Waals surface area contributed by atoms with Crippen LogP contribution in [0.5, 0.6) is 0 Å². The number of nitrogens with one attached hydrogen (secondary N) is 1. The second-order valence-electron chi connectivity index (χ2n) is 17.9. The normalized spacial score (nSPS) is 13.9. The first-order chi connectivity index (χ1) is 31.5. The molecule has 0 aromatic rings. The number of unbranched alkanes of at least 4 members (excludes halogenated alkanes) is 22. The Kier molecular flexibility index (Phi) is 48.7. The third-order valence-corrected chi connectivity index (χ3v) is 11.7.